The molecule has 5 rings (SSSR count). The molecule has 2 fully saturated rings. The zero-order valence-electron chi connectivity index (χ0n) is 17.9. The summed E-state index contributed by atoms with van der Waals surface area (Å²) in [5.74, 6) is 0.412. The molecule has 0 bridgehead atoms. The summed E-state index contributed by atoms with van der Waals surface area (Å²) in [5, 5.41) is 12.9. The molecular weight excluding hydrogens is 416 g/mol. The van der Waals surface area contributed by atoms with Crippen molar-refractivity contribution in [2.75, 3.05) is 44.2 Å². The van der Waals surface area contributed by atoms with Crippen LogP contribution in [0.3, 0.4) is 0 Å². The number of nitrogens with zero attached hydrogens (tertiary/aromatic N) is 7. The first-order chi connectivity index (χ1) is 15.5. The molecule has 8 nitrogen and oxygen atoms in total. The summed E-state index contributed by atoms with van der Waals surface area (Å²) in [4.78, 5) is 10.6. The molecule has 0 aliphatic carbocycles. The van der Waals surface area contributed by atoms with E-state index in [0.29, 0.717) is 24.4 Å². The Bertz CT molecular complexity index is 1070. The van der Waals surface area contributed by atoms with E-state index >= 15 is 0 Å². The van der Waals surface area contributed by atoms with E-state index in [0.717, 1.165) is 44.6 Å². The van der Waals surface area contributed by atoms with Crippen LogP contribution in [-0.4, -0.2) is 69.4 Å². The summed E-state index contributed by atoms with van der Waals surface area (Å²) < 4.78 is 33.3. The van der Waals surface area contributed by atoms with Gasteiger partial charge in [0.1, 0.15) is 29.1 Å². The second-order valence-corrected chi connectivity index (χ2v) is 8.27. The van der Waals surface area contributed by atoms with Crippen LogP contribution in [0.5, 0.6) is 0 Å². The van der Waals surface area contributed by atoms with Crippen molar-refractivity contribution in [1.82, 2.24) is 30.1 Å². The van der Waals surface area contributed by atoms with Gasteiger partial charge in [-0.05, 0) is 30.3 Å². The zero-order chi connectivity index (χ0) is 22.1. The molecule has 0 saturated carbocycles. The van der Waals surface area contributed by atoms with Gasteiger partial charge in [-0.3, -0.25) is 4.90 Å². The van der Waals surface area contributed by atoms with Gasteiger partial charge in [-0.15, -0.1) is 10.2 Å². The van der Waals surface area contributed by atoms with Crippen LogP contribution in [0.1, 0.15) is 24.4 Å². The van der Waals surface area contributed by atoms with Crippen LogP contribution < -0.4 is 4.90 Å². The molecule has 10 heteroatoms. The Morgan fingerprint density at radius 1 is 1.12 bits per heavy atom. The average molecular weight is 441 g/mol. The minimum atomic E-state index is -0.891. The van der Waals surface area contributed by atoms with Gasteiger partial charge in [-0.1, -0.05) is 12.1 Å². The molecule has 2 aliphatic rings. The Morgan fingerprint density at radius 3 is 2.62 bits per heavy atom. The minimum absolute atomic E-state index is 0.316. The Hall–Kier alpha value is -2.98. The van der Waals surface area contributed by atoms with Crippen LogP contribution in [0.2, 0.25) is 0 Å². The van der Waals surface area contributed by atoms with E-state index in [1.165, 1.54) is 16.9 Å². The third-order valence-corrected chi connectivity index (χ3v) is 6.33. The summed E-state index contributed by atoms with van der Waals surface area (Å²) in [5.41, 5.74) is -0.576. The normalized spacial score (nSPS) is 22.2. The zero-order valence-corrected chi connectivity index (χ0v) is 17.9. The number of piperazine rings is 1. The summed E-state index contributed by atoms with van der Waals surface area (Å²) in [6, 6.07) is 9.14. The molecule has 2 aliphatic heterocycles. The van der Waals surface area contributed by atoms with E-state index in [-0.39, 0.29) is 6.04 Å². The first-order valence-electron chi connectivity index (χ1n) is 10.8. The van der Waals surface area contributed by atoms with Crippen molar-refractivity contribution in [3.63, 3.8) is 0 Å². The monoisotopic (exact) mass is 441 g/mol. The molecule has 0 radical (unpaired) electrons. The second-order valence-electron chi connectivity index (χ2n) is 8.27. The number of hydrogen-bond acceptors (Lipinski definition) is 7. The van der Waals surface area contributed by atoms with E-state index in [9.17, 15) is 8.78 Å². The van der Waals surface area contributed by atoms with E-state index in [1.54, 1.807) is 0 Å². The third kappa shape index (κ3) is 4.07. The maximum Gasteiger partial charge on any atom is 0.176 e. The van der Waals surface area contributed by atoms with Crippen molar-refractivity contribution in [3.05, 3.63) is 65.6 Å². The van der Waals surface area contributed by atoms with Crippen molar-refractivity contribution in [2.45, 2.75) is 25.0 Å². The lowest BCUT2D eigenvalue weighted by Gasteiger charge is -2.35. The summed E-state index contributed by atoms with van der Waals surface area (Å²) in [7, 11) is 0. The number of epoxide rings is 1. The second kappa shape index (κ2) is 8.51. The van der Waals surface area contributed by atoms with Crippen LogP contribution in [-0.2, 0) is 16.8 Å². The van der Waals surface area contributed by atoms with E-state index in [1.807, 2.05) is 31.3 Å². The van der Waals surface area contributed by atoms with E-state index in [4.69, 9.17) is 4.74 Å². The number of pyridine rings is 1. The van der Waals surface area contributed by atoms with E-state index < -0.39 is 17.2 Å². The lowest BCUT2D eigenvalue weighted by molar-refractivity contribution is 0.199. The van der Waals surface area contributed by atoms with Gasteiger partial charge in [-0.2, -0.15) is 4.80 Å². The highest BCUT2D eigenvalue weighted by molar-refractivity contribution is 5.38. The van der Waals surface area contributed by atoms with Gasteiger partial charge >= 0.3 is 0 Å². The molecule has 2 aromatic heterocycles. The molecule has 2 atom stereocenters. The number of ether oxygens (including phenoxy) is 1. The molecule has 32 heavy (non-hydrogen) atoms. The quantitative estimate of drug-likeness (QED) is 0.521. The van der Waals surface area contributed by atoms with Gasteiger partial charge in [0.15, 0.2) is 5.82 Å². The molecule has 0 N–H and O–H groups in total. The number of hydrogen-bond donors (Lipinski definition) is 0. The lowest BCUT2D eigenvalue weighted by atomic mass is 9.93. The number of rotatable bonds is 7. The molecule has 0 amide bonds. The van der Waals surface area contributed by atoms with Crippen molar-refractivity contribution < 1.29 is 13.5 Å². The average Bonchev–Trinajstić information content (AvgIpc) is 3.48. The predicted octanol–water partition coefficient (Wildman–Crippen LogP) is 2.20. The number of tetrazole rings is 1. The lowest BCUT2D eigenvalue weighted by Crippen LogP contribution is -2.47. The SMILES string of the molecule is CC(n1nnc(CCN2CCN(c3ccccn3)CC2)n1)C1(c2ccc(F)cc2F)CO1. The topological polar surface area (TPSA) is 75.5 Å². The van der Waals surface area contributed by atoms with Gasteiger partial charge in [0.25, 0.3) is 0 Å². The van der Waals surface area contributed by atoms with Gasteiger partial charge in [0.05, 0.1) is 6.61 Å². The smallest absolute Gasteiger partial charge is 0.176 e. The molecule has 2 unspecified atom stereocenters. The Kier molecular flexibility index (Phi) is 5.56. The Morgan fingerprint density at radius 2 is 1.94 bits per heavy atom. The van der Waals surface area contributed by atoms with Gasteiger partial charge < -0.3 is 9.64 Å². The number of halogens is 2. The number of anilines is 1. The highest BCUT2D eigenvalue weighted by Crippen LogP contribution is 2.48. The van der Waals surface area contributed by atoms with Gasteiger partial charge in [-0.25, -0.2) is 13.8 Å². The number of benzene rings is 1. The highest BCUT2D eigenvalue weighted by atomic mass is 19.1. The standard InChI is InChI=1S/C22H25F2N7O/c1-16(22(15-32-22)18-6-5-17(23)14-19(18)24)31-27-20(26-28-31)7-9-29-10-12-30(13-11-29)21-4-2-3-8-25-21/h2-6,8,14,16H,7,9-13,15H2,1H3. The molecule has 4 heterocycles. The molecule has 1 aromatic carbocycles. The van der Waals surface area contributed by atoms with Gasteiger partial charge in [0, 0.05) is 57.0 Å². The Balaban J connectivity index is 1.17. The molecular formula is C22H25F2N7O. The first kappa shape index (κ1) is 20.9. The maximum atomic E-state index is 14.3. The molecule has 168 valence electrons. The minimum Gasteiger partial charge on any atom is -0.362 e. The van der Waals surface area contributed by atoms with Crippen molar-refractivity contribution in [2.24, 2.45) is 0 Å². The fourth-order valence-corrected chi connectivity index (χ4v) is 4.24. The van der Waals surface area contributed by atoms with Crippen molar-refractivity contribution in [1.29, 1.82) is 0 Å². The first-order valence-corrected chi connectivity index (χ1v) is 10.8. The predicted molar refractivity (Wildman–Crippen MR) is 113 cm³/mol. The largest absolute Gasteiger partial charge is 0.362 e. The fraction of sp³-hybridized carbons (Fsp3) is 0.455. The fourth-order valence-electron chi connectivity index (χ4n) is 4.24. The number of aromatic nitrogens is 5. The molecule has 0 spiro atoms. The summed E-state index contributed by atoms with van der Waals surface area (Å²) in [6.07, 6.45) is 2.49. The highest BCUT2D eigenvalue weighted by Gasteiger charge is 2.54. The van der Waals surface area contributed by atoms with Crippen molar-refractivity contribution >= 4 is 5.82 Å². The summed E-state index contributed by atoms with van der Waals surface area (Å²) in [6.45, 7) is 6.77. The van der Waals surface area contributed by atoms with Crippen LogP contribution in [0.4, 0.5) is 14.6 Å². The van der Waals surface area contributed by atoms with Gasteiger partial charge in [0.2, 0.25) is 0 Å². The molecule has 2 saturated heterocycles. The maximum absolute atomic E-state index is 14.3. The van der Waals surface area contributed by atoms with Crippen LogP contribution in [0, 0.1) is 11.6 Å². The van der Waals surface area contributed by atoms with Crippen LogP contribution in [0.25, 0.3) is 0 Å². The van der Waals surface area contributed by atoms with Crippen LogP contribution in [0.15, 0.2) is 42.6 Å². The third-order valence-electron chi connectivity index (χ3n) is 6.33. The van der Waals surface area contributed by atoms with E-state index in [2.05, 4.69) is 30.2 Å². The van der Waals surface area contributed by atoms with Crippen molar-refractivity contribution in [3.8, 4) is 0 Å². The Labute approximate surface area is 184 Å². The van der Waals surface area contributed by atoms with Crippen LogP contribution >= 0.6 is 0 Å². The molecule has 3 aromatic rings. The summed E-state index contributed by atoms with van der Waals surface area (Å²) >= 11 is 0.